The predicted molar refractivity (Wildman–Crippen MR) is 70.9 cm³/mol. The number of halogens is 14. The molecule has 0 saturated carbocycles. The van der Waals surface area contributed by atoms with Crippen molar-refractivity contribution in [3.8, 4) is 0 Å². The highest BCUT2D eigenvalue weighted by molar-refractivity contribution is 5.87. The molecule has 4 atom stereocenters. The average Bonchev–Trinajstić information content (AvgIpc) is 2.58. The van der Waals surface area contributed by atoms with E-state index in [0.29, 0.717) is 6.92 Å². The molecule has 0 spiro atoms. The molecule has 16 heteroatoms. The Kier molecular flexibility index (Phi) is 8.25. The largest absolute Gasteiger partial charge is 0.434 e. The third kappa shape index (κ3) is 4.31. The van der Waals surface area contributed by atoms with Gasteiger partial charge in [-0.25, -0.2) is 26.7 Å². The third-order valence-corrected chi connectivity index (χ3v) is 3.63. The summed E-state index contributed by atoms with van der Waals surface area (Å²) in [7, 11) is 0. The third-order valence-electron chi connectivity index (χ3n) is 3.63. The van der Waals surface area contributed by atoms with Gasteiger partial charge in [-0.1, -0.05) is 6.58 Å². The molecular formula is C14H12F14O2. The molecule has 0 aromatic rings. The minimum absolute atomic E-state index is 0.409. The van der Waals surface area contributed by atoms with E-state index in [0.717, 1.165) is 0 Å². The fourth-order valence-corrected chi connectivity index (χ4v) is 1.88. The monoisotopic (exact) mass is 478 g/mol. The maximum absolute atomic E-state index is 14.6. The van der Waals surface area contributed by atoms with Crippen molar-refractivity contribution in [2.24, 2.45) is 0 Å². The number of esters is 1. The van der Waals surface area contributed by atoms with Crippen LogP contribution in [0.25, 0.3) is 0 Å². The van der Waals surface area contributed by atoms with Crippen molar-refractivity contribution in [2.75, 3.05) is 6.67 Å². The Morgan fingerprint density at radius 2 is 1.37 bits per heavy atom. The van der Waals surface area contributed by atoms with E-state index in [1.54, 1.807) is 0 Å². The lowest BCUT2D eigenvalue weighted by atomic mass is 9.85. The van der Waals surface area contributed by atoms with Crippen LogP contribution in [0.15, 0.2) is 12.2 Å². The van der Waals surface area contributed by atoms with Gasteiger partial charge in [-0.05, 0) is 6.92 Å². The van der Waals surface area contributed by atoms with Crippen LogP contribution in [-0.4, -0.2) is 61.0 Å². The molecule has 0 N–H and O–H groups in total. The first-order valence-electron chi connectivity index (χ1n) is 7.38. The Morgan fingerprint density at radius 1 is 0.933 bits per heavy atom. The Hall–Kier alpha value is -1.77. The van der Waals surface area contributed by atoms with Crippen LogP contribution in [0, 0.1) is 0 Å². The molecule has 0 aliphatic carbocycles. The van der Waals surface area contributed by atoms with Crippen LogP contribution in [0.1, 0.15) is 13.3 Å². The molecule has 0 bridgehead atoms. The molecule has 0 fully saturated rings. The zero-order valence-corrected chi connectivity index (χ0v) is 14.5. The Morgan fingerprint density at radius 3 is 1.67 bits per heavy atom. The summed E-state index contributed by atoms with van der Waals surface area (Å²) < 4.78 is 190. The predicted octanol–water partition coefficient (Wildman–Crippen LogP) is 5.61. The van der Waals surface area contributed by atoms with Crippen LogP contribution < -0.4 is 0 Å². The first-order valence-corrected chi connectivity index (χ1v) is 7.38. The maximum Gasteiger partial charge on any atom is 0.434 e. The minimum atomic E-state index is -7.76. The number of carbonyl (C=O) groups excluding carboxylic acids is 1. The standard InChI is InChI=1S/C14H12F14O2/c1-5(2)8(29)30-13(25,11(21,22)7(17)6(16)3-4-15)12(23,24)10(20,9(18)19)14(26,27)28/h6-7,9H,1,3-4H2,2H3. The summed E-state index contributed by atoms with van der Waals surface area (Å²) >= 11 is 0. The van der Waals surface area contributed by atoms with Crippen LogP contribution in [0.4, 0.5) is 61.5 Å². The average molecular weight is 478 g/mol. The summed E-state index contributed by atoms with van der Waals surface area (Å²) in [5.74, 6) is -24.6. The number of hydrogen-bond donors (Lipinski definition) is 0. The molecule has 0 heterocycles. The van der Waals surface area contributed by atoms with Crippen LogP contribution in [0.5, 0.6) is 0 Å². The van der Waals surface area contributed by atoms with Gasteiger partial charge in [0.25, 0.3) is 6.43 Å². The number of alkyl halides is 14. The lowest BCUT2D eigenvalue weighted by Crippen LogP contribution is -2.75. The molecule has 0 aromatic heterocycles. The van der Waals surface area contributed by atoms with Crippen molar-refractivity contribution in [1.29, 1.82) is 0 Å². The van der Waals surface area contributed by atoms with E-state index in [-0.39, 0.29) is 0 Å². The maximum atomic E-state index is 14.6. The molecule has 30 heavy (non-hydrogen) atoms. The SMILES string of the molecule is C=C(C)C(=O)OC(F)(C(F)(F)C(F)C(F)CCF)C(F)(F)C(F)(C(F)F)C(F)(F)F. The summed E-state index contributed by atoms with van der Waals surface area (Å²) in [4.78, 5) is 11.2. The fourth-order valence-electron chi connectivity index (χ4n) is 1.88. The summed E-state index contributed by atoms with van der Waals surface area (Å²) in [6.07, 6.45) is -24.3. The molecule has 0 amide bonds. The zero-order valence-electron chi connectivity index (χ0n) is 14.5. The first-order chi connectivity index (χ1) is 13.2. The summed E-state index contributed by atoms with van der Waals surface area (Å²) in [5, 5.41) is 0. The lowest BCUT2D eigenvalue weighted by molar-refractivity contribution is -0.431. The smallest absolute Gasteiger partial charge is 0.413 e. The quantitative estimate of drug-likeness (QED) is 0.232. The first kappa shape index (κ1) is 28.2. The van der Waals surface area contributed by atoms with E-state index in [4.69, 9.17) is 0 Å². The highest BCUT2D eigenvalue weighted by atomic mass is 19.4. The molecule has 0 aromatic carbocycles. The van der Waals surface area contributed by atoms with Gasteiger partial charge >= 0.3 is 35.5 Å². The van der Waals surface area contributed by atoms with E-state index in [1.807, 2.05) is 0 Å². The molecular weight excluding hydrogens is 466 g/mol. The Labute approximate surface area is 158 Å². The van der Waals surface area contributed by atoms with Crippen molar-refractivity contribution >= 4 is 5.97 Å². The summed E-state index contributed by atoms with van der Waals surface area (Å²) in [6.45, 7) is 0.989. The number of ether oxygens (including phenoxy) is 1. The van der Waals surface area contributed by atoms with Crippen LogP contribution in [0.3, 0.4) is 0 Å². The van der Waals surface area contributed by atoms with Crippen molar-refractivity contribution < 1.29 is 71.0 Å². The molecule has 0 aliphatic rings. The highest BCUT2D eigenvalue weighted by Gasteiger charge is 2.90. The second kappa shape index (κ2) is 8.77. The van der Waals surface area contributed by atoms with Crippen molar-refractivity contribution in [1.82, 2.24) is 0 Å². The molecule has 0 radical (unpaired) electrons. The number of rotatable bonds is 10. The van der Waals surface area contributed by atoms with E-state index in [1.165, 1.54) is 0 Å². The number of hydrogen-bond acceptors (Lipinski definition) is 2. The van der Waals surface area contributed by atoms with Gasteiger partial charge in [-0.3, -0.25) is 4.39 Å². The van der Waals surface area contributed by atoms with Crippen LogP contribution in [-0.2, 0) is 9.53 Å². The van der Waals surface area contributed by atoms with Gasteiger partial charge < -0.3 is 4.74 Å². The van der Waals surface area contributed by atoms with Gasteiger partial charge in [0.1, 0.15) is 6.17 Å². The minimum Gasteiger partial charge on any atom is -0.413 e. The van der Waals surface area contributed by atoms with Crippen molar-refractivity contribution in [3.05, 3.63) is 12.2 Å². The molecule has 0 saturated heterocycles. The molecule has 0 rings (SSSR count). The van der Waals surface area contributed by atoms with E-state index < -0.39 is 73.0 Å². The topological polar surface area (TPSA) is 26.3 Å². The molecule has 2 nitrogen and oxygen atoms in total. The summed E-state index contributed by atoms with van der Waals surface area (Å²) in [5.41, 5.74) is -8.79. The van der Waals surface area contributed by atoms with Crippen molar-refractivity contribution in [3.63, 3.8) is 0 Å². The fraction of sp³-hybridized carbons (Fsp3) is 0.786. The Bertz CT molecular complexity index is 633. The van der Waals surface area contributed by atoms with Gasteiger partial charge in [0.15, 0.2) is 0 Å². The second-order valence-electron chi connectivity index (χ2n) is 5.87. The van der Waals surface area contributed by atoms with E-state index in [9.17, 15) is 66.3 Å². The van der Waals surface area contributed by atoms with Gasteiger partial charge in [0, 0.05) is 12.0 Å². The van der Waals surface area contributed by atoms with Gasteiger partial charge in [-0.15, -0.1) is 0 Å². The van der Waals surface area contributed by atoms with Gasteiger partial charge in [0.05, 0.1) is 6.67 Å². The van der Waals surface area contributed by atoms with Crippen LogP contribution >= 0.6 is 0 Å². The molecule has 178 valence electrons. The molecule has 4 unspecified atom stereocenters. The van der Waals surface area contributed by atoms with Crippen LogP contribution in [0.2, 0.25) is 0 Å². The molecule has 0 aliphatic heterocycles. The summed E-state index contributed by atoms with van der Waals surface area (Å²) in [6, 6.07) is 0. The highest BCUT2D eigenvalue weighted by Crippen LogP contribution is 2.59. The van der Waals surface area contributed by atoms with E-state index in [2.05, 4.69) is 11.3 Å². The van der Waals surface area contributed by atoms with Gasteiger partial charge in [-0.2, -0.15) is 35.1 Å². The second-order valence-corrected chi connectivity index (χ2v) is 5.87. The van der Waals surface area contributed by atoms with E-state index >= 15 is 0 Å². The van der Waals surface area contributed by atoms with Crippen molar-refractivity contribution in [2.45, 2.75) is 61.7 Å². The lowest BCUT2D eigenvalue weighted by Gasteiger charge is -2.44. The number of carbonyl (C=O) groups is 1. The normalized spacial score (nSPS) is 19.6. The Balaban J connectivity index is 7.00. The zero-order chi connectivity index (χ0) is 24.5. The van der Waals surface area contributed by atoms with Gasteiger partial charge in [0.2, 0.25) is 6.17 Å².